The minimum Gasteiger partial charge on any atom is -0.467 e. The molecule has 0 saturated carbocycles. The molecule has 8 nitrogen and oxygen atoms in total. The lowest BCUT2D eigenvalue weighted by atomic mass is 9.88. The molecule has 6 rings (SSSR count). The van der Waals surface area contributed by atoms with Crippen LogP contribution in [0.15, 0.2) is 24.0 Å². The number of methoxy groups -OCH3 is 1. The summed E-state index contributed by atoms with van der Waals surface area (Å²) in [6, 6.07) is 5.40. The Balaban J connectivity index is 0.000000322. The first-order valence-electron chi connectivity index (χ1n) is 14.9. The van der Waals surface area contributed by atoms with Crippen LogP contribution < -0.4 is 15.4 Å². The average Bonchev–Trinajstić information content (AvgIpc) is 3.58. The number of ether oxygens (including phenoxy) is 2. The van der Waals surface area contributed by atoms with Gasteiger partial charge >= 0.3 is 12.2 Å². The first-order chi connectivity index (χ1) is 21.0. The highest BCUT2D eigenvalue weighted by Gasteiger charge is 2.40. The van der Waals surface area contributed by atoms with Crippen LogP contribution in [-0.4, -0.2) is 54.2 Å². The van der Waals surface area contributed by atoms with Crippen LogP contribution in [-0.2, 0) is 23.9 Å². The highest BCUT2D eigenvalue weighted by atomic mass is 35.5. The Morgan fingerprint density at radius 1 is 1.25 bits per heavy atom. The fraction of sp³-hybridized carbons (Fsp3) is 0.581. The van der Waals surface area contributed by atoms with Gasteiger partial charge < -0.3 is 20.1 Å². The van der Waals surface area contributed by atoms with Gasteiger partial charge in [0.15, 0.2) is 0 Å². The van der Waals surface area contributed by atoms with Crippen molar-refractivity contribution in [1.29, 1.82) is 5.26 Å². The van der Waals surface area contributed by atoms with Crippen molar-refractivity contribution in [2.75, 3.05) is 43.9 Å². The number of nitrogen functional groups attached to an aromatic ring is 1. The van der Waals surface area contributed by atoms with E-state index in [1.165, 1.54) is 32.6 Å². The number of hydrogen-bond acceptors (Lipinski definition) is 8. The number of halogens is 5. The SMILES string of the molecule is COc1nc2c(c(N3CC(C)CC(CC#N)C3)n1)COC(c1cc(N)cc(Cl)c1C(F)(F)F)C2.F/C=C1/CC2CCCN2C1. The highest BCUT2D eigenvalue weighted by Crippen LogP contribution is 2.45. The van der Waals surface area contributed by atoms with Crippen LogP contribution >= 0.6 is 11.6 Å². The standard InChI is InChI=1S/C23H25ClF3N5O2.C8H12FN/c1-12-5-13(3-4-28)10-32(9-12)21-16-11-34-19(8-18(16)30-22(31-21)33-2)15-6-14(29)7-17(24)20(15)23(25,26)27;9-5-7-4-8-2-1-3-10(8)6-7/h6-7,12-13,19H,3,5,8-11,29H2,1-2H3;5,8H,1-4,6H2/b;7-5-. The lowest BCUT2D eigenvalue weighted by molar-refractivity contribution is -0.139. The fourth-order valence-electron chi connectivity index (χ4n) is 6.96. The first-order valence-corrected chi connectivity index (χ1v) is 15.2. The topological polar surface area (TPSA) is 101 Å². The molecule has 4 aliphatic heterocycles. The van der Waals surface area contributed by atoms with E-state index in [2.05, 4.69) is 32.8 Å². The molecule has 4 unspecified atom stereocenters. The zero-order valence-corrected chi connectivity index (χ0v) is 25.6. The summed E-state index contributed by atoms with van der Waals surface area (Å²) in [5.41, 5.74) is 7.11. The van der Waals surface area contributed by atoms with Crippen LogP contribution in [0.1, 0.15) is 67.5 Å². The zero-order valence-electron chi connectivity index (χ0n) is 24.8. The molecule has 1 aromatic carbocycles. The van der Waals surface area contributed by atoms with Crippen molar-refractivity contribution in [3.8, 4) is 12.1 Å². The summed E-state index contributed by atoms with van der Waals surface area (Å²) in [6.45, 7) is 5.61. The van der Waals surface area contributed by atoms with Crippen molar-refractivity contribution in [3.05, 3.63) is 51.4 Å². The summed E-state index contributed by atoms with van der Waals surface area (Å²) < 4.78 is 64.6. The number of hydrogen-bond donors (Lipinski definition) is 1. The third-order valence-electron chi connectivity index (χ3n) is 8.80. The summed E-state index contributed by atoms with van der Waals surface area (Å²) in [5, 5.41) is 8.69. The van der Waals surface area contributed by atoms with Gasteiger partial charge in [0.05, 0.1) is 48.5 Å². The van der Waals surface area contributed by atoms with Crippen molar-refractivity contribution < 1.29 is 27.0 Å². The number of fused-ring (bicyclic) bond motifs is 2. The number of aromatic nitrogens is 2. The van der Waals surface area contributed by atoms with Crippen LogP contribution in [0.5, 0.6) is 6.01 Å². The molecule has 1 aromatic heterocycles. The number of rotatable bonds is 4. The lowest BCUT2D eigenvalue weighted by Crippen LogP contribution is -2.41. The molecule has 0 spiro atoms. The minimum atomic E-state index is -4.67. The van der Waals surface area contributed by atoms with Crippen LogP contribution in [0, 0.1) is 23.2 Å². The molecule has 5 heterocycles. The largest absolute Gasteiger partial charge is 0.467 e. The Morgan fingerprint density at radius 3 is 2.73 bits per heavy atom. The van der Waals surface area contributed by atoms with Gasteiger partial charge in [-0.2, -0.15) is 28.4 Å². The maximum Gasteiger partial charge on any atom is 0.418 e. The number of nitrogens with zero attached hydrogens (tertiary/aromatic N) is 5. The van der Waals surface area contributed by atoms with Gasteiger partial charge in [0.2, 0.25) is 0 Å². The van der Waals surface area contributed by atoms with E-state index in [-0.39, 0.29) is 36.2 Å². The smallest absolute Gasteiger partial charge is 0.418 e. The predicted octanol–water partition coefficient (Wildman–Crippen LogP) is 6.64. The van der Waals surface area contributed by atoms with E-state index in [0.29, 0.717) is 42.0 Å². The number of alkyl halides is 3. The van der Waals surface area contributed by atoms with Crippen LogP contribution in [0.25, 0.3) is 0 Å². The monoisotopic (exact) mass is 636 g/mol. The van der Waals surface area contributed by atoms with Crippen molar-refractivity contribution in [1.82, 2.24) is 14.9 Å². The number of piperidine rings is 1. The Labute approximate surface area is 259 Å². The molecule has 0 aliphatic carbocycles. The van der Waals surface area contributed by atoms with Gasteiger partial charge in [0.25, 0.3) is 0 Å². The number of benzene rings is 1. The predicted molar refractivity (Wildman–Crippen MR) is 159 cm³/mol. The molecular formula is C31H37ClF4N6O2. The average molecular weight is 637 g/mol. The van der Waals surface area contributed by atoms with E-state index >= 15 is 0 Å². The van der Waals surface area contributed by atoms with Gasteiger partial charge in [-0.3, -0.25) is 4.90 Å². The molecule has 13 heteroatoms. The van der Waals surface area contributed by atoms with Crippen molar-refractivity contribution in [2.45, 2.75) is 70.4 Å². The number of nitriles is 1. The maximum absolute atomic E-state index is 13.8. The van der Waals surface area contributed by atoms with Gasteiger partial charge in [-0.15, -0.1) is 0 Å². The van der Waals surface area contributed by atoms with E-state index in [1.54, 1.807) is 0 Å². The Morgan fingerprint density at radius 2 is 2.05 bits per heavy atom. The highest BCUT2D eigenvalue weighted by molar-refractivity contribution is 6.31. The third kappa shape index (κ3) is 7.05. The summed E-state index contributed by atoms with van der Waals surface area (Å²) in [4.78, 5) is 13.5. The van der Waals surface area contributed by atoms with E-state index in [0.717, 1.165) is 43.9 Å². The maximum atomic E-state index is 13.8. The lowest BCUT2D eigenvalue weighted by Gasteiger charge is -2.38. The third-order valence-corrected chi connectivity index (χ3v) is 9.10. The second-order valence-corrected chi connectivity index (χ2v) is 12.5. The van der Waals surface area contributed by atoms with Crippen LogP contribution in [0.2, 0.25) is 5.02 Å². The molecular weight excluding hydrogens is 600 g/mol. The second kappa shape index (κ2) is 13.5. The van der Waals surface area contributed by atoms with Crippen molar-refractivity contribution >= 4 is 23.1 Å². The number of nitrogens with two attached hydrogens (primary N) is 1. The molecule has 2 aromatic rings. The Bertz CT molecular complexity index is 1420. The zero-order chi connectivity index (χ0) is 31.6. The molecule has 0 amide bonds. The van der Waals surface area contributed by atoms with Gasteiger partial charge in [-0.1, -0.05) is 18.5 Å². The first kappa shape index (κ1) is 32.3. The molecule has 3 fully saturated rings. The Kier molecular flexibility index (Phi) is 9.87. The molecule has 4 aliphatic rings. The number of anilines is 2. The molecule has 0 bridgehead atoms. The molecule has 238 valence electrons. The fourth-order valence-corrected chi connectivity index (χ4v) is 7.30. The van der Waals surface area contributed by atoms with E-state index in [1.807, 2.05) is 0 Å². The minimum absolute atomic E-state index is 0.0246. The van der Waals surface area contributed by atoms with Crippen LogP contribution in [0.3, 0.4) is 0 Å². The summed E-state index contributed by atoms with van der Waals surface area (Å²) in [7, 11) is 1.44. The van der Waals surface area contributed by atoms with Gasteiger partial charge in [0, 0.05) is 49.8 Å². The molecule has 4 atom stereocenters. The normalized spacial score (nSPS) is 26.0. The molecule has 2 N–H and O–H groups in total. The second-order valence-electron chi connectivity index (χ2n) is 12.1. The van der Waals surface area contributed by atoms with Gasteiger partial charge in [-0.05, 0) is 67.3 Å². The van der Waals surface area contributed by atoms with Gasteiger partial charge in [-0.25, -0.2) is 4.39 Å². The molecule has 44 heavy (non-hydrogen) atoms. The Hall–Kier alpha value is -3.14. The van der Waals surface area contributed by atoms with E-state index in [9.17, 15) is 17.6 Å². The van der Waals surface area contributed by atoms with E-state index in [4.69, 9.17) is 32.1 Å². The quantitative estimate of drug-likeness (QED) is 0.295. The van der Waals surface area contributed by atoms with Gasteiger partial charge in [0.1, 0.15) is 5.82 Å². The molecule has 0 radical (unpaired) electrons. The summed E-state index contributed by atoms with van der Waals surface area (Å²) in [6.07, 6.45) is 0.219. The van der Waals surface area contributed by atoms with Crippen LogP contribution in [0.4, 0.5) is 29.1 Å². The van der Waals surface area contributed by atoms with E-state index < -0.39 is 22.9 Å². The van der Waals surface area contributed by atoms with Crippen molar-refractivity contribution in [2.24, 2.45) is 11.8 Å². The molecule has 3 saturated heterocycles. The summed E-state index contributed by atoms with van der Waals surface area (Å²) in [5.74, 6) is 1.19. The summed E-state index contributed by atoms with van der Waals surface area (Å²) >= 11 is 5.94. The van der Waals surface area contributed by atoms with Crippen molar-refractivity contribution in [3.63, 3.8) is 0 Å².